The Hall–Kier alpha value is -1.31. The summed E-state index contributed by atoms with van der Waals surface area (Å²) in [6.45, 7) is 5.12. The lowest BCUT2D eigenvalue weighted by atomic mass is 10.1. The fourth-order valence-electron chi connectivity index (χ4n) is 1.45. The number of para-hydroxylation sites is 1. The number of aliphatic imine (C=N–C) groups is 1. The number of benzene rings is 1. The van der Waals surface area contributed by atoms with Crippen molar-refractivity contribution in [3.05, 3.63) is 29.8 Å². The standard InChI is InChI=1S/C11H14N2/c1-8(2)11-12-7-9-5-3-4-6-10(9)13-11/h3-6,8H,7H2,1-2H3,(H,12,13). The average molecular weight is 174 g/mol. The van der Waals surface area contributed by atoms with Crippen molar-refractivity contribution < 1.29 is 0 Å². The minimum absolute atomic E-state index is 0.480. The van der Waals surface area contributed by atoms with E-state index in [1.807, 2.05) is 0 Å². The molecule has 1 aliphatic heterocycles. The summed E-state index contributed by atoms with van der Waals surface area (Å²) in [7, 11) is 0. The molecule has 2 nitrogen and oxygen atoms in total. The van der Waals surface area contributed by atoms with Crippen LogP contribution in [0.2, 0.25) is 0 Å². The third-order valence-corrected chi connectivity index (χ3v) is 2.25. The Morgan fingerprint density at radius 1 is 1.31 bits per heavy atom. The molecule has 0 amide bonds. The second kappa shape index (κ2) is 3.21. The second-order valence-electron chi connectivity index (χ2n) is 3.64. The molecule has 1 heterocycles. The Labute approximate surface area is 78.7 Å². The van der Waals surface area contributed by atoms with Gasteiger partial charge in [0.2, 0.25) is 0 Å². The van der Waals surface area contributed by atoms with Gasteiger partial charge in [-0.25, -0.2) is 0 Å². The second-order valence-corrected chi connectivity index (χ2v) is 3.64. The first-order valence-electron chi connectivity index (χ1n) is 4.66. The zero-order valence-electron chi connectivity index (χ0n) is 8.04. The number of hydrogen-bond acceptors (Lipinski definition) is 2. The first kappa shape index (κ1) is 8.30. The minimum atomic E-state index is 0.480. The lowest BCUT2D eigenvalue weighted by Gasteiger charge is -2.20. The summed E-state index contributed by atoms with van der Waals surface area (Å²) in [4.78, 5) is 4.48. The smallest absolute Gasteiger partial charge is 0.104 e. The highest BCUT2D eigenvalue weighted by molar-refractivity contribution is 5.98. The summed E-state index contributed by atoms with van der Waals surface area (Å²) in [5, 5.41) is 3.35. The number of nitrogens with one attached hydrogen (secondary N) is 1. The Morgan fingerprint density at radius 2 is 2.08 bits per heavy atom. The highest BCUT2D eigenvalue weighted by Gasteiger charge is 2.12. The number of anilines is 1. The zero-order valence-corrected chi connectivity index (χ0v) is 8.04. The van der Waals surface area contributed by atoms with E-state index in [0.717, 1.165) is 12.4 Å². The summed E-state index contributed by atoms with van der Waals surface area (Å²) in [5.74, 6) is 1.58. The summed E-state index contributed by atoms with van der Waals surface area (Å²) in [6.07, 6.45) is 0. The van der Waals surface area contributed by atoms with Crippen LogP contribution in [0.5, 0.6) is 0 Å². The molecule has 0 atom stereocenters. The van der Waals surface area contributed by atoms with E-state index in [0.29, 0.717) is 5.92 Å². The summed E-state index contributed by atoms with van der Waals surface area (Å²) in [6, 6.07) is 8.32. The molecular formula is C11H14N2. The minimum Gasteiger partial charge on any atom is -0.344 e. The summed E-state index contributed by atoms with van der Waals surface area (Å²) >= 11 is 0. The van der Waals surface area contributed by atoms with Gasteiger partial charge in [-0.3, -0.25) is 4.99 Å². The molecule has 1 aliphatic rings. The van der Waals surface area contributed by atoms with Gasteiger partial charge in [0.05, 0.1) is 6.54 Å². The van der Waals surface area contributed by atoms with Crippen LogP contribution in [0.4, 0.5) is 5.69 Å². The van der Waals surface area contributed by atoms with Crippen LogP contribution >= 0.6 is 0 Å². The maximum Gasteiger partial charge on any atom is 0.104 e. The lowest BCUT2D eigenvalue weighted by Crippen LogP contribution is -2.22. The Morgan fingerprint density at radius 3 is 2.85 bits per heavy atom. The van der Waals surface area contributed by atoms with Crippen molar-refractivity contribution in [3.8, 4) is 0 Å². The quantitative estimate of drug-likeness (QED) is 0.695. The fourth-order valence-corrected chi connectivity index (χ4v) is 1.45. The molecule has 0 aromatic heterocycles. The van der Waals surface area contributed by atoms with E-state index in [-0.39, 0.29) is 0 Å². The van der Waals surface area contributed by atoms with Crippen LogP contribution in [0.1, 0.15) is 19.4 Å². The number of amidine groups is 1. The molecule has 0 bridgehead atoms. The zero-order chi connectivity index (χ0) is 9.26. The fraction of sp³-hybridized carbons (Fsp3) is 0.364. The largest absolute Gasteiger partial charge is 0.344 e. The van der Waals surface area contributed by atoms with E-state index >= 15 is 0 Å². The topological polar surface area (TPSA) is 24.4 Å². The average Bonchev–Trinajstić information content (AvgIpc) is 2.17. The van der Waals surface area contributed by atoms with Crippen molar-refractivity contribution in [2.75, 3.05) is 5.32 Å². The Balaban J connectivity index is 2.28. The van der Waals surface area contributed by atoms with Gasteiger partial charge in [-0.15, -0.1) is 0 Å². The van der Waals surface area contributed by atoms with Gasteiger partial charge in [0.15, 0.2) is 0 Å². The normalized spacial score (nSPS) is 14.8. The van der Waals surface area contributed by atoms with Gasteiger partial charge in [-0.05, 0) is 11.6 Å². The van der Waals surface area contributed by atoms with Gasteiger partial charge in [-0.1, -0.05) is 32.0 Å². The van der Waals surface area contributed by atoms with Gasteiger partial charge in [0.1, 0.15) is 5.84 Å². The van der Waals surface area contributed by atoms with E-state index in [9.17, 15) is 0 Å². The van der Waals surface area contributed by atoms with E-state index in [2.05, 4.69) is 48.4 Å². The monoisotopic (exact) mass is 174 g/mol. The van der Waals surface area contributed by atoms with Crippen LogP contribution in [-0.4, -0.2) is 5.84 Å². The van der Waals surface area contributed by atoms with Crippen molar-refractivity contribution in [1.29, 1.82) is 0 Å². The molecule has 1 N–H and O–H groups in total. The van der Waals surface area contributed by atoms with Crippen molar-refractivity contribution >= 4 is 11.5 Å². The van der Waals surface area contributed by atoms with Gasteiger partial charge in [-0.2, -0.15) is 0 Å². The molecule has 68 valence electrons. The highest BCUT2D eigenvalue weighted by atomic mass is 15.0. The third-order valence-electron chi connectivity index (χ3n) is 2.25. The molecule has 2 heteroatoms. The highest BCUT2D eigenvalue weighted by Crippen LogP contribution is 2.21. The van der Waals surface area contributed by atoms with E-state index in [1.165, 1.54) is 11.3 Å². The van der Waals surface area contributed by atoms with Crippen LogP contribution in [0, 0.1) is 5.92 Å². The maximum absolute atomic E-state index is 4.48. The van der Waals surface area contributed by atoms with E-state index < -0.39 is 0 Å². The molecule has 0 fully saturated rings. The van der Waals surface area contributed by atoms with Crippen molar-refractivity contribution in [2.24, 2.45) is 10.9 Å². The van der Waals surface area contributed by atoms with Crippen molar-refractivity contribution in [3.63, 3.8) is 0 Å². The Kier molecular flexibility index (Phi) is 2.05. The van der Waals surface area contributed by atoms with E-state index in [1.54, 1.807) is 0 Å². The van der Waals surface area contributed by atoms with Crippen LogP contribution in [0.25, 0.3) is 0 Å². The molecule has 0 saturated heterocycles. The predicted octanol–water partition coefficient (Wildman–Crippen LogP) is 2.67. The SMILES string of the molecule is CC(C)C1=NCc2ccccc2N1. The van der Waals surface area contributed by atoms with Gasteiger partial charge in [0.25, 0.3) is 0 Å². The predicted molar refractivity (Wildman–Crippen MR) is 56.0 cm³/mol. The molecule has 1 aromatic rings. The molecule has 0 aliphatic carbocycles. The Bertz CT molecular complexity index is 340. The van der Waals surface area contributed by atoms with Crippen molar-refractivity contribution in [1.82, 2.24) is 0 Å². The van der Waals surface area contributed by atoms with Crippen LogP contribution in [0.15, 0.2) is 29.3 Å². The number of nitrogens with zero attached hydrogens (tertiary/aromatic N) is 1. The third kappa shape index (κ3) is 1.57. The first-order valence-corrected chi connectivity index (χ1v) is 4.66. The molecule has 0 spiro atoms. The summed E-state index contributed by atoms with van der Waals surface area (Å²) in [5.41, 5.74) is 2.49. The molecule has 1 aromatic carbocycles. The van der Waals surface area contributed by atoms with E-state index in [4.69, 9.17) is 0 Å². The van der Waals surface area contributed by atoms with Crippen LogP contribution < -0.4 is 5.32 Å². The molecular weight excluding hydrogens is 160 g/mol. The lowest BCUT2D eigenvalue weighted by molar-refractivity contribution is 0.855. The first-order chi connectivity index (χ1) is 6.27. The molecule has 0 saturated carbocycles. The molecule has 0 radical (unpaired) electrons. The number of fused-ring (bicyclic) bond motifs is 1. The molecule has 0 unspecified atom stereocenters. The van der Waals surface area contributed by atoms with Crippen LogP contribution in [0.3, 0.4) is 0 Å². The van der Waals surface area contributed by atoms with Crippen LogP contribution in [-0.2, 0) is 6.54 Å². The van der Waals surface area contributed by atoms with Crippen molar-refractivity contribution in [2.45, 2.75) is 20.4 Å². The summed E-state index contributed by atoms with van der Waals surface area (Å²) < 4.78 is 0. The maximum atomic E-state index is 4.48. The van der Waals surface area contributed by atoms with Gasteiger partial charge < -0.3 is 5.32 Å². The van der Waals surface area contributed by atoms with Gasteiger partial charge in [0, 0.05) is 11.6 Å². The van der Waals surface area contributed by atoms with Gasteiger partial charge >= 0.3 is 0 Å². The molecule has 2 rings (SSSR count). The number of rotatable bonds is 1. The number of hydrogen-bond donors (Lipinski definition) is 1. The molecule has 13 heavy (non-hydrogen) atoms.